The summed E-state index contributed by atoms with van der Waals surface area (Å²) in [5.74, 6) is -1.46. The van der Waals surface area contributed by atoms with Crippen LogP contribution in [0.4, 0.5) is 0 Å². The van der Waals surface area contributed by atoms with Crippen LogP contribution in [0.2, 0.25) is 0 Å². The molecule has 0 bridgehead atoms. The summed E-state index contributed by atoms with van der Waals surface area (Å²) >= 11 is 0. The molecule has 2 rings (SSSR count). The van der Waals surface area contributed by atoms with Crippen LogP contribution in [0.25, 0.3) is 0 Å². The average Bonchev–Trinajstić information content (AvgIpc) is 2.42. The maximum atomic E-state index is 11.9. The van der Waals surface area contributed by atoms with Crippen molar-refractivity contribution in [2.24, 2.45) is 5.92 Å². The van der Waals surface area contributed by atoms with E-state index in [0.717, 1.165) is 4.57 Å². The molecule has 21 heavy (non-hydrogen) atoms. The molecule has 0 aliphatic heterocycles. The summed E-state index contributed by atoms with van der Waals surface area (Å²) in [5, 5.41) is 11.7. The first-order chi connectivity index (χ1) is 9.95. The highest BCUT2D eigenvalue weighted by atomic mass is 16.4. The molecular weight excluding hydrogens is 278 g/mol. The molecule has 8 nitrogen and oxygen atoms in total. The minimum absolute atomic E-state index is 0.0634. The zero-order valence-electron chi connectivity index (χ0n) is 11.4. The zero-order chi connectivity index (χ0) is 15.4. The summed E-state index contributed by atoms with van der Waals surface area (Å²) in [6.45, 7) is -0.172. The van der Waals surface area contributed by atoms with Crippen LogP contribution in [-0.4, -0.2) is 32.6 Å². The Labute approximate surface area is 119 Å². The highest BCUT2D eigenvalue weighted by Crippen LogP contribution is 2.24. The minimum Gasteiger partial charge on any atom is -0.481 e. The standard InChI is InChI=1S/C13H17N3O5/c17-10-5-6-16(13(21)15-10)7-11(18)14-9-3-1-8(2-4-9)12(19)20/h5-6,8-9H,1-4,7H2,(H,14,18)(H,19,20)(H,15,17,21). The van der Waals surface area contributed by atoms with Gasteiger partial charge in [-0.25, -0.2) is 4.79 Å². The molecule has 8 heteroatoms. The predicted molar refractivity (Wildman–Crippen MR) is 72.8 cm³/mol. The Kier molecular flexibility index (Phi) is 4.56. The topological polar surface area (TPSA) is 121 Å². The van der Waals surface area contributed by atoms with E-state index < -0.39 is 17.2 Å². The molecule has 1 aromatic heterocycles. The van der Waals surface area contributed by atoms with Gasteiger partial charge in [0.25, 0.3) is 5.56 Å². The highest BCUT2D eigenvalue weighted by Gasteiger charge is 2.26. The number of carbonyl (C=O) groups is 2. The van der Waals surface area contributed by atoms with E-state index in [-0.39, 0.29) is 24.4 Å². The Balaban J connectivity index is 1.87. The fourth-order valence-electron chi connectivity index (χ4n) is 2.48. The molecule has 1 aliphatic carbocycles. The second-order valence-electron chi connectivity index (χ2n) is 5.19. The van der Waals surface area contributed by atoms with Crippen LogP contribution in [-0.2, 0) is 16.1 Å². The van der Waals surface area contributed by atoms with Crippen LogP contribution in [0.1, 0.15) is 25.7 Å². The van der Waals surface area contributed by atoms with Gasteiger partial charge in [-0.2, -0.15) is 0 Å². The van der Waals surface area contributed by atoms with Crippen LogP contribution in [0.15, 0.2) is 21.9 Å². The third-order valence-corrected chi connectivity index (χ3v) is 3.65. The van der Waals surface area contributed by atoms with E-state index >= 15 is 0 Å². The van der Waals surface area contributed by atoms with Crippen LogP contribution in [0.3, 0.4) is 0 Å². The van der Waals surface area contributed by atoms with Gasteiger partial charge < -0.3 is 10.4 Å². The second-order valence-corrected chi connectivity index (χ2v) is 5.19. The molecule has 1 fully saturated rings. The number of amides is 1. The lowest BCUT2D eigenvalue weighted by Gasteiger charge is -2.26. The number of nitrogens with one attached hydrogen (secondary N) is 2. The molecule has 1 amide bonds. The predicted octanol–water partition coefficient (Wildman–Crippen LogP) is -0.704. The lowest BCUT2D eigenvalue weighted by atomic mass is 9.86. The van der Waals surface area contributed by atoms with Gasteiger partial charge in [-0.3, -0.25) is 23.9 Å². The minimum atomic E-state index is -0.792. The summed E-state index contributed by atoms with van der Waals surface area (Å²) in [5.41, 5.74) is -1.14. The summed E-state index contributed by atoms with van der Waals surface area (Å²) in [7, 11) is 0. The first-order valence-corrected chi connectivity index (χ1v) is 6.77. The van der Waals surface area contributed by atoms with Gasteiger partial charge in [-0.15, -0.1) is 0 Å². The van der Waals surface area contributed by atoms with E-state index in [9.17, 15) is 19.2 Å². The number of rotatable bonds is 4. The van der Waals surface area contributed by atoms with Crippen molar-refractivity contribution in [3.8, 4) is 0 Å². The molecule has 1 saturated carbocycles. The number of aromatic nitrogens is 2. The number of nitrogens with zero attached hydrogens (tertiary/aromatic N) is 1. The summed E-state index contributed by atoms with van der Waals surface area (Å²) in [6, 6.07) is 1.11. The van der Waals surface area contributed by atoms with Gasteiger partial charge in [0.05, 0.1) is 5.92 Å². The monoisotopic (exact) mass is 295 g/mol. The summed E-state index contributed by atoms with van der Waals surface area (Å²) < 4.78 is 1.11. The van der Waals surface area contributed by atoms with Gasteiger partial charge >= 0.3 is 11.7 Å². The third kappa shape index (κ3) is 4.04. The van der Waals surface area contributed by atoms with E-state index in [4.69, 9.17) is 5.11 Å². The zero-order valence-corrected chi connectivity index (χ0v) is 11.4. The fraction of sp³-hybridized carbons (Fsp3) is 0.538. The van der Waals surface area contributed by atoms with E-state index in [2.05, 4.69) is 10.3 Å². The smallest absolute Gasteiger partial charge is 0.328 e. The molecule has 1 heterocycles. The van der Waals surface area contributed by atoms with Crippen LogP contribution >= 0.6 is 0 Å². The van der Waals surface area contributed by atoms with Crippen molar-refractivity contribution in [2.75, 3.05) is 0 Å². The van der Waals surface area contributed by atoms with Crippen LogP contribution in [0.5, 0.6) is 0 Å². The number of carbonyl (C=O) groups excluding carboxylic acids is 1. The maximum Gasteiger partial charge on any atom is 0.328 e. The number of carboxylic acids is 1. The van der Waals surface area contributed by atoms with Crippen molar-refractivity contribution >= 4 is 11.9 Å². The van der Waals surface area contributed by atoms with Crippen LogP contribution in [0, 0.1) is 5.92 Å². The van der Waals surface area contributed by atoms with Crippen LogP contribution < -0.4 is 16.6 Å². The van der Waals surface area contributed by atoms with E-state index in [1.54, 1.807) is 0 Å². The largest absolute Gasteiger partial charge is 0.481 e. The highest BCUT2D eigenvalue weighted by molar-refractivity contribution is 5.76. The molecule has 0 atom stereocenters. The quantitative estimate of drug-likeness (QED) is 0.678. The van der Waals surface area contributed by atoms with Crippen molar-refractivity contribution in [1.82, 2.24) is 14.9 Å². The van der Waals surface area contributed by atoms with Gasteiger partial charge in [0.2, 0.25) is 5.91 Å². The Bertz CT molecular complexity index is 640. The lowest BCUT2D eigenvalue weighted by Crippen LogP contribution is -2.42. The second kappa shape index (κ2) is 6.38. The van der Waals surface area contributed by atoms with E-state index in [0.29, 0.717) is 25.7 Å². The van der Waals surface area contributed by atoms with Gasteiger partial charge in [0.15, 0.2) is 0 Å². The first-order valence-electron chi connectivity index (χ1n) is 6.77. The fourth-order valence-corrected chi connectivity index (χ4v) is 2.48. The molecule has 0 spiro atoms. The Hall–Kier alpha value is -2.38. The molecule has 3 N–H and O–H groups in total. The maximum absolute atomic E-state index is 11.9. The molecule has 1 aromatic rings. The number of H-pyrrole nitrogens is 1. The van der Waals surface area contributed by atoms with Crippen molar-refractivity contribution in [3.63, 3.8) is 0 Å². The summed E-state index contributed by atoms with van der Waals surface area (Å²) in [6.07, 6.45) is 3.58. The summed E-state index contributed by atoms with van der Waals surface area (Å²) in [4.78, 5) is 47.1. The molecule has 0 aromatic carbocycles. The van der Waals surface area contributed by atoms with Crippen molar-refractivity contribution < 1.29 is 14.7 Å². The Morgan fingerprint density at radius 3 is 2.52 bits per heavy atom. The Morgan fingerprint density at radius 1 is 1.29 bits per heavy atom. The van der Waals surface area contributed by atoms with Gasteiger partial charge in [-0.1, -0.05) is 0 Å². The van der Waals surface area contributed by atoms with Gasteiger partial charge in [-0.05, 0) is 25.7 Å². The molecule has 114 valence electrons. The number of aliphatic carboxylic acids is 1. The molecule has 0 saturated heterocycles. The van der Waals surface area contributed by atoms with Crippen molar-refractivity contribution in [2.45, 2.75) is 38.3 Å². The number of aromatic amines is 1. The van der Waals surface area contributed by atoms with Gasteiger partial charge in [0, 0.05) is 18.3 Å². The normalized spacial score (nSPS) is 21.7. The van der Waals surface area contributed by atoms with Crippen molar-refractivity contribution in [3.05, 3.63) is 33.1 Å². The molecule has 0 unspecified atom stereocenters. The average molecular weight is 295 g/mol. The van der Waals surface area contributed by atoms with Gasteiger partial charge in [0.1, 0.15) is 6.54 Å². The lowest BCUT2D eigenvalue weighted by molar-refractivity contribution is -0.142. The van der Waals surface area contributed by atoms with Crippen molar-refractivity contribution in [1.29, 1.82) is 0 Å². The van der Waals surface area contributed by atoms with E-state index in [1.807, 2.05) is 0 Å². The number of hydrogen-bond donors (Lipinski definition) is 3. The molecule has 1 aliphatic rings. The SMILES string of the molecule is O=C(Cn1ccc(=O)[nH]c1=O)NC1CCC(C(=O)O)CC1. The number of hydrogen-bond acceptors (Lipinski definition) is 4. The first kappa shape index (κ1) is 15.0. The molecule has 0 radical (unpaired) electrons. The van der Waals surface area contributed by atoms with E-state index in [1.165, 1.54) is 12.3 Å². The number of carboxylic acid groups (broad SMARTS) is 1. The Morgan fingerprint density at radius 2 is 1.95 bits per heavy atom. The molecular formula is C13H17N3O5. The third-order valence-electron chi connectivity index (χ3n) is 3.65.